The summed E-state index contributed by atoms with van der Waals surface area (Å²) in [6.45, 7) is 30.6. The Morgan fingerprint density at radius 2 is 0.468 bits per heavy atom. The largest absolute Gasteiger partial charge is 0.213 e. The molecule has 0 N–H and O–H groups in total. The molecular weight excluding hydrogens is 1150 g/mol. The number of hydrogen-bond donors (Lipinski definition) is 0. The van der Waals surface area contributed by atoms with E-state index >= 15 is 0 Å². The number of aromatic nitrogens is 8. The maximum absolute atomic E-state index is 2.32. The van der Waals surface area contributed by atoms with Crippen LogP contribution in [0.15, 0.2) is 207 Å². The van der Waals surface area contributed by atoms with Gasteiger partial charge in [-0.25, -0.2) is 36.5 Å². The van der Waals surface area contributed by atoms with Gasteiger partial charge in [0.1, 0.15) is 56.4 Å². The van der Waals surface area contributed by atoms with Crippen molar-refractivity contribution in [2.75, 3.05) is 0 Å². The second kappa shape index (κ2) is 29.4. The van der Waals surface area contributed by atoms with E-state index in [2.05, 4.69) is 397 Å². The van der Waals surface area contributed by atoms with Gasteiger partial charge >= 0.3 is 0 Å². The molecule has 0 radical (unpaired) electrons. The van der Waals surface area contributed by atoms with Crippen LogP contribution in [0.1, 0.15) is 77.9 Å². The zero-order chi connectivity index (χ0) is 68.0. The minimum absolute atomic E-state index is 1.24. The van der Waals surface area contributed by atoms with Gasteiger partial charge in [0.2, 0.25) is 45.6 Å². The fourth-order valence-corrected chi connectivity index (χ4v) is 13.7. The standard InChI is InChI=1S/C23H28N2.3C21H24N2/c1-15-8-10-24(6)20(12-15)22-17(3)14-18(4)23(19(22)5)21-13-16(2)9-11-25(21)7;1-15-14-16(2)21(19-11-7-9-13-23(19)5)17(3)20(15)18-10-6-8-12-22(18)4;1-15-9-11-22(4)20(13-15)18-7-6-8-19(17(18)3)21-14-16(2)10-12-23(21)5;1-15-9-11-20(22(4)13-15)18-7-6-8-19(17(18)3)21-12-10-16(2)14-23(21)5/h8-14H,1-7H3;3*6-14H,1-5H3/q4*+2. The molecule has 0 bridgehead atoms. The van der Waals surface area contributed by atoms with Crippen molar-refractivity contribution in [3.05, 3.63) is 285 Å². The number of pyridine rings is 8. The first kappa shape index (κ1) is 68.4. The Morgan fingerprint density at radius 1 is 0.191 bits per heavy atom. The Morgan fingerprint density at radius 3 is 0.777 bits per heavy atom. The van der Waals surface area contributed by atoms with Crippen LogP contribution in [0.25, 0.3) is 90.1 Å². The first-order valence-electron chi connectivity index (χ1n) is 32.8. The van der Waals surface area contributed by atoms with Gasteiger partial charge in [0.05, 0.1) is 22.3 Å². The number of hydrogen-bond acceptors (Lipinski definition) is 0. The van der Waals surface area contributed by atoms with Gasteiger partial charge in [-0.2, -0.15) is 0 Å². The lowest BCUT2D eigenvalue weighted by Crippen LogP contribution is -2.32. The molecular formula is C86H100N8+8. The topological polar surface area (TPSA) is 31.0 Å². The first-order valence-corrected chi connectivity index (χ1v) is 32.8. The zero-order valence-electron chi connectivity index (χ0n) is 60.2. The maximum atomic E-state index is 2.32. The minimum atomic E-state index is 1.24. The van der Waals surface area contributed by atoms with E-state index in [1.54, 1.807) is 0 Å². The van der Waals surface area contributed by atoms with Gasteiger partial charge in [-0.05, 0) is 212 Å². The normalized spacial score (nSPS) is 10.9. The van der Waals surface area contributed by atoms with E-state index in [1.807, 2.05) is 0 Å². The Bertz CT molecular complexity index is 4530. The number of aryl methyl sites for hydroxylation is 18. The average Bonchev–Trinajstić information content (AvgIpc) is 0.782. The summed E-state index contributed by atoms with van der Waals surface area (Å²) in [7, 11) is 16.9. The van der Waals surface area contributed by atoms with Gasteiger partial charge in [-0.15, -0.1) is 0 Å². The molecule has 0 aliphatic heterocycles. The van der Waals surface area contributed by atoms with E-state index in [-0.39, 0.29) is 0 Å². The molecule has 0 fully saturated rings. The highest BCUT2D eigenvalue weighted by Gasteiger charge is 2.27. The van der Waals surface area contributed by atoms with Gasteiger partial charge in [0.15, 0.2) is 49.6 Å². The summed E-state index contributed by atoms with van der Waals surface area (Å²) in [5, 5.41) is 0. The van der Waals surface area contributed by atoms with Crippen LogP contribution in [-0.2, 0) is 56.4 Å². The fourth-order valence-electron chi connectivity index (χ4n) is 13.7. The Kier molecular flexibility index (Phi) is 21.4. The van der Waals surface area contributed by atoms with Crippen LogP contribution in [0.3, 0.4) is 0 Å². The highest BCUT2D eigenvalue weighted by molar-refractivity contribution is 5.80. The van der Waals surface area contributed by atoms with Gasteiger partial charge in [0, 0.05) is 118 Å². The summed E-state index contributed by atoms with van der Waals surface area (Å²) >= 11 is 0. The SMILES string of the molecule is Cc1cc(C)c(-c2cccc[n+]2C)c(C)c1-c1cccc[n+]1C.Cc1cc[n+](C)c(-c2c(C)cc(C)c(-c3cc(C)cc[n+]3C)c2C)c1.Cc1cc[n+](C)c(-c2cccc(-c3cc(C)cc[n+]3C)c2C)c1.Cc1ccc(-c2cccc(-c3ccc(C)c[n+]3C)c2C)[n+](C)c1. The third kappa shape index (κ3) is 14.9. The summed E-state index contributed by atoms with van der Waals surface area (Å²) in [6.07, 6.45) is 17.1. The van der Waals surface area contributed by atoms with E-state index in [0.29, 0.717) is 0 Å². The number of nitrogens with zero attached hydrogens (tertiary/aromatic N) is 8. The molecule has 4 aromatic carbocycles. The van der Waals surface area contributed by atoms with Gasteiger partial charge < -0.3 is 0 Å². The molecule has 12 aromatic rings. The van der Waals surface area contributed by atoms with Crippen molar-refractivity contribution in [1.29, 1.82) is 0 Å². The summed E-state index contributed by atoms with van der Waals surface area (Å²) in [6, 6.07) is 56.9. The first-order chi connectivity index (χ1) is 44.7. The molecule has 8 aromatic heterocycles. The molecule has 8 nitrogen and oxygen atoms in total. The van der Waals surface area contributed by atoms with Crippen LogP contribution >= 0.6 is 0 Å². The van der Waals surface area contributed by atoms with Crippen molar-refractivity contribution in [3.8, 4) is 90.1 Å². The van der Waals surface area contributed by atoms with Crippen molar-refractivity contribution in [3.63, 3.8) is 0 Å². The van der Waals surface area contributed by atoms with Crippen LogP contribution in [0.2, 0.25) is 0 Å². The summed E-state index contributed by atoms with van der Waals surface area (Å²) in [5.41, 5.74) is 38.8. The van der Waals surface area contributed by atoms with Crippen LogP contribution in [0.5, 0.6) is 0 Å². The van der Waals surface area contributed by atoms with Crippen molar-refractivity contribution in [2.24, 2.45) is 56.4 Å². The van der Waals surface area contributed by atoms with Crippen molar-refractivity contribution in [2.45, 2.75) is 96.9 Å². The molecule has 0 aliphatic carbocycles. The summed E-state index contributed by atoms with van der Waals surface area (Å²) in [5.74, 6) is 0. The van der Waals surface area contributed by atoms with Crippen molar-refractivity contribution >= 4 is 0 Å². The van der Waals surface area contributed by atoms with Gasteiger partial charge in [-0.1, -0.05) is 24.3 Å². The highest BCUT2D eigenvalue weighted by atomic mass is 15.0. The zero-order valence-corrected chi connectivity index (χ0v) is 60.2. The van der Waals surface area contributed by atoms with Crippen LogP contribution < -0.4 is 36.5 Å². The molecule has 0 spiro atoms. The van der Waals surface area contributed by atoms with Crippen molar-refractivity contribution < 1.29 is 36.5 Å². The Hall–Kier alpha value is -9.92. The lowest BCUT2D eigenvalue weighted by Gasteiger charge is -2.15. The van der Waals surface area contributed by atoms with E-state index in [1.165, 1.54) is 168 Å². The summed E-state index contributed by atoms with van der Waals surface area (Å²) < 4.78 is 17.6. The molecule has 8 heterocycles. The second-order valence-electron chi connectivity index (χ2n) is 26.3. The highest BCUT2D eigenvalue weighted by Crippen LogP contribution is 2.37. The van der Waals surface area contributed by atoms with E-state index in [0.717, 1.165) is 0 Å². The molecule has 8 heteroatoms. The quantitative estimate of drug-likeness (QED) is 0.136. The molecule has 0 atom stereocenters. The molecule has 476 valence electrons. The average molecular weight is 1250 g/mol. The third-order valence-corrected chi connectivity index (χ3v) is 18.6. The number of rotatable bonds is 8. The minimum Gasteiger partial charge on any atom is -0.201 e. The molecule has 12 rings (SSSR count). The molecule has 0 unspecified atom stereocenters. The van der Waals surface area contributed by atoms with Crippen LogP contribution in [0, 0.1) is 96.9 Å². The smallest absolute Gasteiger partial charge is 0.201 e. The van der Waals surface area contributed by atoms with Crippen LogP contribution in [0.4, 0.5) is 0 Å². The lowest BCUT2D eigenvalue weighted by atomic mass is 9.89. The molecule has 94 heavy (non-hydrogen) atoms. The second-order valence-corrected chi connectivity index (χ2v) is 26.3. The monoisotopic (exact) mass is 1240 g/mol. The van der Waals surface area contributed by atoms with Gasteiger partial charge in [0.25, 0.3) is 0 Å². The third-order valence-electron chi connectivity index (χ3n) is 18.6. The van der Waals surface area contributed by atoms with E-state index < -0.39 is 0 Å². The van der Waals surface area contributed by atoms with E-state index in [4.69, 9.17) is 0 Å². The Labute approximate surface area is 562 Å². The molecule has 0 saturated heterocycles. The molecule has 0 saturated carbocycles. The summed E-state index contributed by atoms with van der Waals surface area (Å²) in [4.78, 5) is 0. The Balaban J connectivity index is 0.000000148. The van der Waals surface area contributed by atoms with E-state index in [9.17, 15) is 0 Å². The predicted molar refractivity (Wildman–Crippen MR) is 385 cm³/mol. The molecule has 0 aliphatic rings. The molecule has 0 amide bonds. The lowest BCUT2D eigenvalue weighted by molar-refractivity contribution is -0.661. The number of benzene rings is 4. The van der Waals surface area contributed by atoms with Crippen LogP contribution in [-0.4, -0.2) is 0 Å². The van der Waals surface area contributed by atoms with Gasteiger partial charge in [-0.3, -0.25) is 0 Å². The van der Waals surface area contributed by atoms with Crippen molar-refractivity contribution in [1.82, 2.24) is 0 Å². The maximum Gasteiger partial charge on any atom is 0.213 e. The fraction of sp³-hybridized carbons (Fsp3) is 0.256. The predicted octanol–water partition coefficient (Wildman–Crippen LogP) is 15.0.